The van der Waals surface area contributed by atoms with Gasteiger partial charge in [-0.05, 0) is 78.4 Å². The molecule has 5 heteroatoms. The maximum atomic E-state index is 14.1. The quantitative estimate of drug-likeness (QED) is 0.335. The molecule has 1 aromatic heterocycles. The Bertz CT molecular complexity index is 1250. The molecule has 0 saturated heterocycles. The average molecular weight is 460 g/mol. The first-order valence-electron chi connectivity index (χ1n) is 11.6. The molecule has 3 nitrogen and oxygen atoms in total. The van der Waals surface area contributed by atoms with Crippen LogP contribution >= 0.6 is 0 Å². The highest BCUT2D eigenvalue weighted by Gasteiger charge is 2.38. The largest absolute Gasteiger partial charge is 0.461 e. The molecule has 34 heavy (non-hydrogen) atoms. The van der Waals surface area contributed by atoms with E-state index in [4.69, 9.17) is 4.42 Å². The van der Waals surface area contributed by atoms with Gasteiger partial charge in [-0.3, -0.25) is 4.90 Å². The predicted molar refractivity (Wildman–Crippen MR) is 127 cm³/mol. The molecule has 1 N–H and O–H groups in total. The van der Waals surface area contributed by atoms with Crippen molar-refractivity contribution in [2.75, 3.05) is 0 Å². The van der Waals surface area contributed by atoms with E-state index in [1.807, 2.05) is 12.1 Å². The first-order chi connectivity index (χ1) is 16.4. The lowest BCUT2D eigenvalue weighted by Crippen LogP contribution is -2.29. The third kappa shape index (κ3) is 4.54. The molecular formula is C29H27F2NO2. The maximum Gasteiger partial charge on any atom is 0.173 e. The Kier molecular flexibility index (Phi) is 6.07. The van der Waals surface area contributed by atoms with Gasteiger partial charge in [0.2, 0.25) is 0 Å². The molecule has 1 saturated carbocycles. The number of aryl methyl sites for hydroxylation is 1. The van der Waals surface area contributed by atoms with Crippen molar-refractivity contribution in [3.05, 3.63) is 130 Å². The van der Waals surface area contributed by atoms with Crippen LogP contribution in [0.4, 0.5) is 8.78 Å². The van der Waals surface area contributed by atoms with Crippen LogP contribution in [0.25, 0.3) is 0 Å². The molecule has 3 aromatic carbocycles. The molecule has 0 spiro atoms. The number of rotatable bonds is 8. The number of halogens is 2. The van der Waals surface area contributed by atoms with E-state index in [0.29, 0.717) is 18.3 Å². The standard InChI is InChI=1S/C29H27F2NO2/c1-20-6-2-3-7-21(20)18-32(26-12-13-26)19-27-14-15-28(34-27)29(33,22-8-4-10-24(30)16-22)23-9-5-11-25(31)17-23/h2-11,14-17,26,33H,12-13,18-19H2,1H3. The summed E-state index contributed by atoms with van der Waals surface area (Å²) in [5.41, 5.74) is 1.25. The van der Waals surface area contributed by atoms with E-state index < -0.39 is 17.2 Å². The average Bonchev–Trinajstić information content (AvgIpc) is 3.57. The van der Waals surface area contributed by atoms with Crippen molar-refractivity contribution >= 4 is 0 Å². The maximum absolute atomic E-state index is 14.1. The van der Waals surface area contributed by atoms with Gasteiger partial charge in [-0.2, -0.15) is 0 Å². The number of furan rings is 1. The molecule has 1 heterocycles. The Morgan fingerprint density at radius 3 is 2.09 bits per heavy atom. The third-order valence-corrected chi connectivity index (χ3v) is 6.56. The summed E-state index contributed by atoms with van der Waals surface area (Å²) in [5.74, 6) is -0.0541. The van der Waals surface area contributed by atoms with Gasteiger partial charge in [-0.1, -0.05) is 48.5 Å². The number of hydrogen-bond acceptors (Lipinski definition) is 3. The number of hydrogen-bond donors (Lipinski definition) is 1. The second kappa shape index (κ2) is 9.16. The van der Waals surface area contributed by atoms with E-state index in [9.17, 15) is 13.9 Å². The fourth-order valence-electron chi connectivity index (χ4n) is 4.50. The lowest BCUT2D eigenvalue weighted by Gasteiger charge is -2.27. The minimum absolute atomic E-state index is 0.227. The van der Waals surface area contributed by atoms with Crippen LogP contribution in [0.15, 0.2) is 89.3 Å². The minimum Gasteiger partial charge on any atom is -0.461 e. The van der Waals surface area contributed by atoms with Crippen molar-refractivity contribution < 1.29 is 18.3 Å². The molecule has 1 aliphatic carbocycles. The van der Waals surface area contributed by atoms with Gasteiger partial charge in [0.15, 0.2) is 5.60 Å². The van der Waals surface area contributed by atoms with Crippen molar-refractivity contribution in [3.8, 4) is 0 Å². The fourth-order valence-corrected chi connectivity index (χ4v) is 4.50. The van der Waals surface area contributed by atoms with E-state index in [-0.39, 0.29) is 16.9 Å². The summed E-state index contributed by atoms with van der Waals surface area (Å²) in [4.78, 5) is 2.38. The van der Waals surface area contributed by atoms with Crippen LogP contribution in [0.3, 0.4) is 0 Å². The van der Waals surface area contributed by atoms with E-state index in [0.717, 1.165) is 19.4 Å². The second-order valence-corrected chi connectivity index (χ2v) is 9.06. The summed E-state index contributed by atoms with van der Waals surface area (Å²) in [6, 6.07) is 23.8. The van der Waals surface area contributed by atoms with Crippen LogP contribution in [-0.4, -0.2) is 16.0 Å². The Labute approximate surface area is 198 Å². The highest BCUT2D eigenvalue weighted by Crippen LogP contribution is 2.39. The first kappa shape index (κ1) is 22.5. The SMILES string of the molecule is Cc1ccccc1CN(Cc1ccc(C(O)(c2cccc(F)c2)c2cccc(F)c2)o1)C1CC1. The molecule has 0 radical (unpaired) electrons. The van der Waals surface area contributed by atoms with Gasteiger partial charge >= 0.3 is 0 Å². The van der Waals surface area contributed by atoms with E-state index >= 15 is 0 Å². The van der Waals surface area contributed by atoms with Gasteiger partial charge in [0.05, 0.1) is 6.54 Å². The second-order valence-electron chi connectivity index (χ2n) is 9.06. The van der Waals surface area contributed by atoms with Crippen molar-refractivity contribution in [2.45, 2.75) is 44.5 Å². The van der Waals surface area contributed by atoms with Gasteiger partial charge in [0.25, 0.3) is 0 Å². The minimum atomic E-state index is -1.83. The molecule has 0 atom stereocenters. The lowest BCUT2D eigenvalue weighted by atomic mass is 9.84. The third-order valence-electron chi connectivity index (χ3n) is 6.56. The van der Waals surface area contributed by atoms with Crippen molar-refractivity contribution in [1.82, 2.24) is 4.90 Å². The molecule has 4 aromatic rings. The van der Waals surface area contributed by atoms with E-state index in [1.54, 1.807) is 18.2 Å². The summed E-state index contributed by atoms with van der Waals surface area (Å²) >= 11 is 0. The Morgan fingerprint density at radius 2 is 1.50 bits per heavy atom. The van der Waals surface area contributed by atoms with Crippen LogP contribution in [0.2, 0.25) is 0 Å². The van der Waals surface area contributed by atoms with Crippen LogP contribution in [0.1, 0.15) is 46.6 Å². The van der Waals surface area contributed by atoms with E-state index in [1.165, 1.54) is 47.5 Å². The van der Waals surface area contributed by atoms with Crippen LogP contribution in [-0.2, 0) is 18.7 Å². The molecule has 0 bridgehead atoms. The molecule has 5 rings (SSSR count). The molecule has 174 valence electrons. The van der Waals surface area contributed by atoms with Crippen molar-refractivity contribution in [3.63, 3.8) is 0 Å². The fraction of sp³-hybridized carbons (Fsp3) is 0.241. The van der Waals surface area contributed by atoms with Gasteiger partial charge in [0, 0.05) is 12.6 Å². The molecular weight excluding hydrogens is 432 g/mol. The number of nitrogens with zero attached hydrogens (tertiary/aromatic N) is 1. The van der Waals surface area contributed by atoms with Crippen LogP contribution in [0, 0.1) is 18.6 Å². The lowest BCUT2D eigenvalue weighted by molar-refractivity contribution is 0.0943. The molecule has 1 aliphatic rings. The van der Waals surface area contributed by atoms with Gasteiger partial charge in [-0.25, -0.2) is 8.78 Å². The molecule has 0 amide bonds. The molecule has 0 aliphatic heterocycles. The van der Waals surface area contributed by atoms with Crippen LogP contribution < -0.4 is 0 Å². The first-order valence-corrected chi connectivity index (χ1v) is 11.6. The summed E-state index contributed by atoms with van der Waals surface area (Å²) in [5, 5.41) is 11.9. The zero-order valence-electron chi connectivity index (χ0n) is 19.0. The number of benzene rings is 3. The Hall–Kier alpha value is -3.28. The summed E-state index contributed by atoms with van der Waals surface area (Å²) in [6.07, 6.45) is 2.30. The smallest absolute Gasteiger partial charge is 0.173 e. The van der Waals surface area contributed by atoms with Gasteiger partial charge < -0.3 is 9.52 Å². The summed E-state index contributed by atoms with van der Waals surface area (Å²) < 4.78 is 34.4. The topological polar surface area (TPSA) is 36.6 Å². The highest BCUT2D eigenvalue weighted by molar-refractivity contribution is 5.44. The zero-order chi connectivity index (χ0) is 23.7. The zero-order valence-corrected chi connectivity index (χ0v) is 19.0. The van der Waals surface area contributed by atoms with Crippen LogP contribution in [0.5, 0.6) is 0 Å². The van der Waals surface area contributed by atoms with Crippen molar-refractivity contribution in [1.29, 1.82) is 0 Å². The Balaban J connectivity index is 1.48. The highest BCUT2D eigenvalue weighted by atomic mass is 19.1. The van der Waals surface area contributed by atoms with Gasteiger partial charge in [0.1, 0.15) is 23.2 Å². The summed E-state index contributed by atoms with van der Waals surface area (Å²) in [7, 11) is 0. The van der Waals surface area contributed by atoms with E-state index in [2.05, 4.69) is 30.0 Å². The summed E-state index contributed by atoms with van der Waals surface area (Å²) in [6.45, 7) is 3.51. The Morgan fingerprint density at radius 1 is 0.853 bits per heavy atom. The molecule has 0 unspecified atom stereocenters. The van der Waals surface area contributed by atoms with Crippen molar-refractivity contribution in [2.24, 2.45) is 0 Å². The predicted octanol–water partition coefficient (Wildman–Crippen LogP) is 6.32. The molecule has 1 fully saturated rings. The number of aliphatic hydroxyl groups is 1. The monoisotopic (exact) mass is 459 g/mol. The van der Waals surface area contributed by atoms with Gasteiger partial charge in [-0.15, -0.1) is 0 Å². The normalized spacial score (nSPS) is 14.0.